The molecule has 16 heavy (non-hydrogen) atoms. The molecule has 1 N–H and O–H groups in total. The van der Waals surface area contributed by atoms with Crippen molar-refractivity contribution < 1.29 is 0 Å². The lowest BCUT2D eigenvalue weighted by molar-refractivity contribution is 0.660. The maximum atomic E-state index is 3.39. The zero-order chi connectivity index (χ0) is 12.0. The van der Waals surface area contributed by atoms with Gasteiger partial charge in [-0.2, -0.15) is 11.8 Å². The molecule has 1 aromatic rings. The number of nitrogens with one attached hydrogen (secondary N) is 1. The molecule has 1 unspecified atom stereocenters. The SMILES string of the molecule is CCc1ccc(C(CSC(C)C)NC)cc1. The minimum atomic E-state index is 0.471. The number of hydrogen-bond donors (Lipinski definition) is 1. The summed E-state index contributed by atoms with van der Waals surface area (Å²) in [5, 5.41) is 4.09. The Hall–Kier alpha value is -0.470. The molecule has 1 nitrogen and oxygen atoms in total. The van der Waals surface area contributed by atoms with Gasteiger partial charge in [0, 0.05) is 11.8 Å². The maximum absolute atomic E-state index is 3.39. The first-order valence-electron chi connectivity index (χ1n) is 6.05. The largest absolute Gasteiger partial charge is 0.312 e. The van der Waals surface area contributed by atoms with Crippen molar-refractivity contribution in [2.45, 2.75) is 38.5 Å². The molecule has 0 aliphatic carbocycles. The van der Waals surface area contributed by atoms with Gasteiger partial charge in [-0.05, 0) is 29.8 Å². The molecule has 0 heterocycles. The van der Waals surface area contributed by atoms with E-state index in [0.29, 0.717) is 11.3 Å². The van der Waals surface area contributed by atoms with Crippen molar-refractivity contribution in [2.75, 3.05) is 12.8 Å². The number of aryl methyl sites for hydroxylation is 1. The van der Waals surface area contributed by atoms with E-state index >= 15 is 0 Å². The molecule has 2 heteroatoms. The Morgan fingerprint density at radius 2 is 1.81 bits per heavy atom. The molecule has 0 fully saturated rings. The first-order chi connectivity index (χ1) is 7.67. The predicted octanol–water partition coefficient (Wildman–Crippen LogP) is 3.65. The Morgan fingerprint density at radius 1 is 1.19 bits per heavy atom. The van der Waals surface area contributed by atoms with E-state index < -0.39 is 0 Å². The molecule has 0 bridgehead atoms. The Morgan fingerprint density at radius 3 is 2.25 bits per heavy atom. The summed E-state index contributed by atoms with van der Waals surface area (Å²) in [5.41, 5.74) is 2.81. The van der Waals surface area contributed by atoms with Gasteiger partial charge < -0.3 is 5.32 Å². The first kappa shape index (κ1) is 13.6. The highest BCUT2D eigenvalue weighted by Crippen LogP contribution is 2.21. The zero-order valence-corrected chi connectivity index (χ0v) is 11.6. The topological polar surface area (TPSA) is 12.0 Å². The third-order valence-electron chi connectivity index (χ3n) is 2.74. The summed E-state index contributed by atoms with van der Waals surface area (Å²) in [6.45, 7) is 6.69. The van der Waals surface area contributed by atoms with Gasteiger partial charge in [-0.1, -0.05) is 45.0 Å². The van der Waals surface area contributed by atoms with Crippen LogP contribution in [0.15, 0.2) is 24.3 Å². The average Bonchev–Trinajstić information content (AvgIpc) is 2.30. The van der Waals surface area contributed by atoms with E-state index in [1.807, 2.05) is 18.8 Å². The molecule has 1 atom stereocenters. The molecule has 0 spiro atoms. The number of rotatable bonds is 6. The molecule has 1 aromatic carbocycles. The number of thioether (sulfide) groups is 1. The van der Waals surface area contributed by atoms with Crippen molar-refractivity contribution in [2.24, 2.45) is 0 Å². The van der Waals surface area contributed by atoms with Crippen LogP contribution in [-0.2, 0) is 6.42 Å². The zero-order valence-electron chi connectivity index (χ0n) is 10.8. The third kappa shape index (κ3) is 4.18. The van der Waals surface area contributed by atoms with Crippen LogP contribution in [0, 0.1) is 0 Å². The smallest absolute Gasteiger partial charge is 0.0409 e. The fourth-order valence-corrected chi connectivity index (χ4v) is 2.56. The van der Waals surface area contributed by atoms with Crippen LogP contribution in [0.25, 0.3) is 0 Å². The van der Waals surface area contributed by atoms with Gasteiger partial charge >= 0.3 is 0 Å². The molecule has 0 aliphatic rings. The highest BCUT2D eigenvalue weighted by Gasteiger charge is 2.09. The quantitative estimate of drug-likeness (QED) is 0.810. The summed E-state index contributed by atoms with van der Waals surface area (Å²) < 4.78 is 0. The van der Waals surface area contributed by atoms with Gasteiger partial charge in [0.2, 0.25) is 0 Å². The van der Waals surface area contributed by atoms with Crippen LogP contribution < -0.4 is 5.32 Å². The molecule has 0 aliphatic heterocycles. The molecular weight excluding hydrogens is 214 g/mol. The van der Waals surface area contributed by atoms with Crippen LogP contribution >= 0.6 is 11.8 Å². The van der Waals surface area contributed by atoms with Crippen LogP contribution in [0.2, 0.25) is 0 Å². The van der Waals surface area contributed by atoms with E-state index in [0.717, 1.165) is 12.2 Å². The Kier molecular flexibility index (Phi) is 5.93. The van der Waals surface area contributed by atoms with E-state index in [1.54, 1.807) is 0 Å². The minimum Gasteiger partial charge on any atom is -0.312 e. The monoisotopic (exact) mass is 237 g/mol. The molecule has 0 amide bonds. The van der Waals surface area contributed by atoms with Gasteiger partial charge in [0.1, 0.15) is 0 Å². The van der Waals surface area contributed by atoms with Crippen LogP contribution in [0.5, 0.6) is 0 Å². The summed E-state index contributed by atoms with van der Waals surface area (Å²) in [4.78, 5) is 0. The Balaban J connectivity index is 2.63. The predicted molar refractivity (Wildman–Crippen MR) is 75.2 cm³/mol. The van der Waals surface area contributed by atoms with Crippen molar-refractivity contribution in [1.29, 1.82) is 0 Å². The van der Waals surface area contributed by atoms with Crippen molar-refractivity contribution in [3.8, 4) is 0 Å². The maximum Gasteiger partial charge on any atom is 0.0409 e. The normalized spacial score (nSPS) is 13.1. The van der Waals surface area contributed by atoms with Gasteiger partial charge in [0.05, 0.1) is 0 Å². The summed E-state index contributed by atoms with van der Waals surface area (Å²) >= 11 is 2.01. The number of hydrogen-bond acceptors (Lipinski definition) is 2. The molecular formula is C14H23NS. The van der Waals surface area contributed by atoms with Crippen molar-refractivity contribution in [1.82, 2.24) is 5.32 Å². The third-order valence-corrected chi connectivity index (χ3v) is 3.93. The summed E-state index contributed by atoms with van der Waals surface area (Å²) in [6, 6.07) is 9.44. The average molecular weight is 237 g/mol. The highest BCUT2D eigenvalue weighted by molar-refractivity contribution is 7.99. The van der Waals surface area contributed by atoms with Gasteiger partial charge in [0.25, 0.3) is 0 Å². The molecule has 0 radical (unpaired) electrons. The standard InChI is InChI=1S/C14H23NS/c1-5-12-6-8-13(9-7-12)14(15-4)10-16-11(2)3/h6-9,11,14-15H,5,10H2,1-4H3. The van der Waals surface area contributed by atoms with Gasteiger partial charge in [0.15, 0.2) is 0 Å². The van der Waals surface area contributed by atoms with Gasteiger partial charge in [-0.15, -0.1) is 0 Å². The first-order valence-corrected chi connectivity index (χ1v) is 7.10. The lowest BCUT2D eigenvalue weighted by Gasteiger charge is -2.17. The number of benzene rings is 1. The van der Waals surface area contributed by atoms with Crippen LogP contribution in [0.1, 0.15) is 37.9 Å². The molecule has 0 saturated heterocycles. The summed E-state index contributed by atoms with van der Waals surface area (Å²) in [6.07, 6.45) is 1.12. The molecule has 0 saturated carbocycles. The van der Waals surface area contributed by atoms with Crippen molar-refractivity contribution in [3.05, 3.63) is 35.4 Å². The van der Waals surface area contributed by atoms with E-state index in [4.69, 9.17) is 0 Å². The lowest BCUT2D eigenvalue weighted by atomic mass is 10.1. The fourth-order valence-electron chi connectivity index (χ4n) is 1.62. The highest BCUT2D eigenvalue weighted by atomic mass is 32.2. The Labute approximate surface area is 104 Å². The van der Waals surface area contributed by atoms with Crippen LogP contribution in [-0.4, -0.2) is 18.1 Å². The van der Waals surface area contributed by atoms with E-state index in [1.165, 1.54) is 11.1 Å². The van der Waals surface area contributed by atoms with Gasteiger partial charge in [-0.3, -0.25) is 0 Å². The Bertz CT molecular complexity index is 292. The van der Waals surface area contributed by atoms with Crippen molar-refractivity contribution >= 4 is 11.8 Å². The van der Waals surface area contributed by atoms with Crippen LogP contribution in [0.4, 0.5) is 0 Å². The second-order valence-electron chi connectivity index (χ2n) is 4.32. The van der Waals surface area contributed by atoms with E-state index in [9.17, 15) is 0 Å². The minimum absolute atomic E-state index is 0.471. The summed E-state index contributed by atoms with van der Waals surface area (Å²) in [7, 11) is 2.04. The van der Waals surface area contributed by atoms with E-state index in [-0.39, 0.29) is 0 Å². The second kappa shape index (κ2) is 6.97. The summed E-state index contributed by atoms with van der Waals surface area (Å²) in [5.74, 6) is 1.14. The lowest BCUT2D eigenvalue weighted by Crippen LogP contribution is -2.19. The molecule has 0 aromatic heterocycles. The van der Waals surface area contributed by atoms with Crippen LogP contribution in [0.3, 0.4) is 0 Å². The molecule has 90 valence electrons. The van der Waals surface area contributed by atoms with Gasteiger partial charge in [-0.25, -0.2) is 0 Å². The van der Waals surface area contributed by atoms with E-state index in [2.05, 4.69) is 50.4 Å². The second-order valence-corrected chi connectivity index (χ2v) is 5.93. The van der Waals surface area contributed by atoms with Crippen molar-refractivity contribution in [3.63, 3.8) is 0 Å². The molecule has 1 rings (SSSR count). The fraction of sp³-hybridized carbons (Fsp3) is 0.571.